The Kier molecular flexibility index (Phi) is 5.01. The van der Waals surface area contributed by atoms with Gasteiger partial charge < -0.3 is 24.5 Å². The predicted octanol–water partition coefficient (Wildman–Crippen LogP) is 5.34. The molecule has 4 rings (SSSR count). The Morgan fingerprint density at radius 3 is 2.65 bits per heavy atom. The van der Waals surface area contributed by atoms with Crippen molar-refractivity contribution in [3.8, 4) is 34.3 Å². The fraction of sp³-hybridized carbons (Fsp3) is 0.240. The van der Waals surface area contributed by atoms with Gasteiger partial charge in [-0.15, -0.1) is 6.58 Å². The average molecular weight is 420 g/mol. The third kappa shape index (κ3) is 3.34. The monoisotopic (exact) mass is 420 g/mol. The van der Waals surface area contributed by atoms with Gasteiger partial charge in [0.05, 0.1) is 11.1 Å². The van der Waals surface area contributed by atoms with E-state index >= 15 is 0 Å². The van der Waals surface area contributed by atoms with Crippen molar-refractivity contribution in [1.82, 2.24) is 0 Å². The van der Waals surface area contributed by atoms with E-state index in [9.17, 15) is 20.1 Å². The molecule has 160 valence electrons. The molecular formula is C25H24O6. The highest BCUT2D eigenvalue weighted by atomic mass is 16.5. The van der Waals surface area contributed by atoms with Crippen molar-refractivity contribution in [3.63, 3.8) is 0 Å². The molecule has 2 atom stereocenters. The van der Waals surface area contributed by atoms with Crippen LogP contribution in [0.25, 0.3) is 22.3 Å². The van der Waals surface area contributed by atoms with Crippen LogP contribution in [0.15, 0.2) is 57.8 Å². The molecular weight excluding hydrogens is 396 g/mol. The lowest BCUT2D eigenvalue weighted by Crippen LogP contribution is -2.27. The topological polar surface area (TPSA) is 100 Å². The van der Waals surface area contributed by atoms with E-state index in [-0.39, 0.29) is 57.4 Å². The van der Waals surface area contributed by atoms with Crippen LogP contribution in [0.4, 0.5) is 0 Å². The number of phenolic OH excluding ortho intramolecular Hbond substituents is 3. The van der Waals surface area contributed by atoms with Gasteiger partial charge in [-0.3, -0.25) is 4.79 Å². The summed E-state index contributed by atoms with van der Waals surface area (Å²) in [6.07, 6.45) is 3.09. The highest BCUT2D eigenvalue weighted by molar-refractivity contribution is 5.90. The summed E-state index contributed by atoms with van der Waals surface area (Å²) < 4.78 is 12.1. The first kappa shape index (κ1) is 20.6. The predicted molar refractivity (Wildman–Crippen MR) is 119 cm³/mol. The van der Waals surface area contributed by atoms with Crippen molar-refractivity contribution in [3.05, 3.63) is 69.9 Å². The zero-order valence-electron chi connectivity index (χ0n) is 17.6. The van der Waals surface area contributed by atoms with E-state index in [0.717, 1.165) is 5.57 Å². The first-order valence-electron chi connectivity index (χ1n) is 10.0. The molecule has 6 heteroatoms. The third-order valence-corrected chi connectivity index (χ3v) is 5.59. The molecule has 0 spiro atoms. The molecule has 2 unspecified atom stereocenters. The minimum Gasteiger partial charge on any atom is -0.508 e. The van der Waals surface area contributed by atoms with Crippen molar-refractivity contribution in [1.29, 1.82) is 0 Å². The molecule has 1 aliphatic heterocycles. The summed E-state index contributed by atoms with van der Waals surface area (Å²) >= 11 is 0. The Hall–Kier alpha value is -3.67. The largest absolute Gasteiger partial charge is 0.508 e. The maximum atomic E-state index is 13.6. The van der Waals surface area contributed by atoms with E-state index in [0.29, 0.717) is 11.3 Å². The van der Waals surface area contributed by atoms with Gasteiger partial charge in [0, 0.05) is 23.6 Å². The van der Waals surface area contributed by atoms with Gasteiger partial charge in [-0.1, -0.05) is 24.6 Å². The molecule has 0 saturated heterocycles. The van der Waals surface area contributed by atoms with Gasteiger partial charge >= 0.3 is 0 Å². The fourth-order valence-corrected chi connectivity index (χ4v) is 3.83. The Labute approximate surface area is 179 Å². The van der Waals surface area contributed by atoms with Crippen LogP contribution in [0.5, 0.6) is 23.0 Å². The summed E-state index contributed by atoms with van der Waals surface area (Å²) in [6, 6.07) is 5.90. The highest BCUT2D eigenvalue weighted by Gasteiger charge is 2.35. The molecule has 0 amide bonds. The van der Waals surface area contributed by atoms with E-state index in [1.54, 1.807) is 12.1 Å². The normalized spacial score (nSPS) is 15.5. The zero-order valence-corrected chi connectivity index (χ0v) is 17.6. The van der Waals surface area contributed by atoms with Crippen molar-refractivity contribution in [2.75, 3.05) is 0 Å². The van der Waals surface area contributed by atoms with Gasteiger partial charge in [0.15, 0.2) is 0 Å². The number of hydrogen-bond donors (Lipinski definition) is 3. The molecule has 3 N–H and O–H groups in total. The van der Waals surface area contributed by atoms with Crippen LogP contribution in [-0.4, -0.2) is 15.3 Å². The van der Waals surface area contributed by atoms with Crippen LogP contribution in [0, 0.1) is 5.92 Å². The van der Waals surface area contributed by atoms with E-state index in [2.05, 4.69) is 6.58 Å². The van der Waals surface area contributed by atoms with Crippen LogP contribution >= 0.6 is 0 Å². The summed E-state index contributed by atoms with van der Waals surface area (Å²) in [5, 5.41) is 31.3. The molecule has 1 aliphatic rings. The standard InChI is InChI=1S/C25H24O6/c1-5-13(4)24-21-23(29)20-19(11-17(27)15(22(20)28)8-6-12(2)3)31-25(21)16-9-7-14(26)10-18(16)30-24/h5-7,9-11,13,24,26-28H,1,8H2,2-4H3. The number of benzene rings is 2. The molecule has 0 radical (unpaired) electrons. The van der Waals surface area contributed by atoms with E-state index in [4.69, 9.17) is 9.15 Å². The Morgan fingerprint density at radius 2 is 1.97 bits per heavy atom. The molecule has 0 saturated carbocycles. The lowest BCUT2D eigenvalue weighted by atomic mass is 9.89. The second-order valence-electron chi connectivity index (χ2n) is 8.07. The van der Waals surface area contributed by atoms with Crippen molar-refractivity contribution >= 4 is 11.0 Å². The van der Waals surface area contributed by atoms with Crippen LogP contribution in [0.3, 0.4) is 0 Å². The molecule has 2 aromatic carbocycles. The summed E-state index contributed by atoms with van der Waals surface area (Å²) in [5.74, 6) is -0.0191. The number of rotatable bonds is 4. The Morgan fingerprint density at radius 1 is 1.23 bits per heavy atom. The summed E-state index contributed by atoms with van der Waals surface area (Å²) in [4.78, 5) is 13.6. The number of allylic oxidation sites excluding steroid dienone is 2. The van der Waals surface area contributed by atoms with Crippen molar-refractivity contribution in [2.24, 2.45) is 5.92 Å². The SMILES string of the molecule is C=CC(C)C1Oc2cc(O)ccc2-c2oc3cc(O)c(CC=C(C)C)c(O)c3c(=O)c21. The number of ether oxygens (including phenoxy) is 1. The fourth-order valence-electron chi connectivity index (χ4n) is 3.83. The molecule has 1 aromatic heterocycles. The first-order valence-corrected chi connectivity index (χ1v) is 10.0. The Bertz CT molecular complexity index is 1290. The zero-order chi connectivity index (χ0) is 22.4. The van der Waals surface area contributed by atoms with Crippen molar-refractivity contribution in [2.45, 2.75) is 33.3 Å². The van der Waals surface area contributed by atoms with Gasteiger partial charge in [-0.05, 0) is 32.4 Å². The van der Waals surface area contributed by atoms with Gasteiger partial charge in [0.2, 0.25) is 5.43 Å². The van der Waals surface area contributed by atoms with Crippen LogP contribution in [0.1, 0.15) is 38.0 Å². The maximum absolute atomic E-state index is 13.6. The van der Waals surface area contributed by atoms with Gasteiger partial charge in [0.25, 0.3) is 0 Å². The smallest absolute Gasteiger partial charge is 0.204 e. The van der Waals surface area contributed by atoms with Gasteiger partial charge in [-0.2, -0.15) is 0 Å². The maximum Gasteiger partial charge on any atom is 0.204 e. The second-order valence-corrected chi connectivity index (χ2v) is 8.07. The quantitative estimate of drug-likeness (QED) is 0.493. The number of fused-ring (bicyclic) bond motifs is 4. The van der Waals surface area contributed by atoms with Crippen LogP contribution < -0.4 is 10.2 Å². The lowest BCUT2D eigenvalue weighted by molar-refractivity contribution is 0.159. The number of phenols is 3. The van der Waals surface area contributed by atoms with Crippen LogP contribution in [-0.2, 0) is 6.42 Å². The summed E-state index contributed by atoms with van der Waals surface area (Å²) in [6.45, 7) is 9.49. The van der Waals surface area contributed by atoms with Crippen molar-refractivity contribution < 1.29 is 24.5 Å². The summed E-state index contributed by atoms with van der Waals surface area (Å²) in [5.41, 5.74) is 1.70. The van der Waals surface area contributed by atoms with E-state index < -0.39 is 11.5 Å². The van der Waals surface area contributed by atoms with Crippen LogP contribution in [0.2, 0.25) is 0 Å². The van der Waals surface area contributed by atoms with E-state index in [1.807, 2.05) is 26.8 Å². The number of aromatic hydroxyl groups is 3. The average Bonchev–Trinajstić information content (AvgIpc) is 2.71. The lowest BCUT2D eigenvalue weighted by Gasteiger charge is -2.30. The minimum atomic E-state index is -0.711. The molecule has 6 nitrogen and oxygen atoms in total. The molecule has 0 aliphatic carbocycles. The number of hydrogen-bond acceptors (Lipinski definition) is 6. The Balaban J connectivity index is 2.07. The minimum absolute atomic E-state index is 0.000738. The molecule has 0 fully saturated rings. The van der Waals surface area contributed by atoms with Gasteiger partial charge in [-0.25, -0.2) is 0 Å². The molecule has 3 aromatic rings. The summed E-state index contributed by atoms with van der Waals surface area (Å²) in [7, 11) is 0. The van der Waals surface area contributed by atoms with E-state index in [1.165, 1.54) is 18.2 Å². The third-order valence-electron chi connectivity index (χ3n) is 5.59. The molecule has 0 bridgehead atoms. The van der Waals surface area contributed by atoms with Gasteiger partial charge in [0.1, 0.15) is 45.8 Å². The first-order chi connectivity index (χ1) is 14.7. The molecule has 2 heterocycles. The second kappa shape index (κ2) is 7.54. The highest BCUT2D eigenvalue weighted by Crippen LogP contribution is 2.47. The molecule has 31 heavy (non-hydrogen) atoms.